The van der Waals surface area contributed by atoms with E-state index in [1.165, 1.54) is 0 Å². The van der Waals surface area contributed by atoms with E-state index in [0.717, 1.165) is 35.7 Å². The molecule has 25 heavy (non-hydrogen) atoms. The molecule has 0 aliphatic heterocycles. The van der Waals surface area contributed by atoms with Crippen molar-refractivity contribution in [3.8, 4) is 11.3 Å². The number of hydrogen-bond acceptors (Lipinski definition) is 4. The van der Waals surface area contributed by atoms with Gasteiger partial charge in [0.05, 0.1) is 16.3 Å². The number of benzene rings is 1. The third kappa shape index (κ3) is 2.92. The summed E-state index contributed by atoms with van der Waals surface area (Å²) in [6.07, 6.45) is 7.01. The number of nitrogens with two attached hydrogens (primary N) is 2. The Hall–Kier alpha value is -1.95. The van der Waals surface area contributed by atoms with Gasteiger partial charge in [0.15, 0.2) is 0 Å². The van der Waals surface area contributed by atoms with Crippen LogP contribution in [0.3, 0.4) is 0 Å². The normalized spacial score (nSPS) is 26.9. The Kier molecular flexibility index (Phi) is 3.83. The molecule has 5 nitrogen and oxygen atoms in total. The van der Waals surface area contributed by atoms with Gasteiger partial charge in [-0.15, -0.1) is 0 Å². The van der Waals surface area contributed by atoms with Gasteiger partial charge in [-0.1, -0.05) is 29.8 Å². The fourth-order valence-electron chi connectivity index (χ4n) is 3.96. The molecule has 0 radical (unpaired) electrons. The molecule has 3 aromatic rings. The van der Waals surface area contributed by atoms with Crippen molar-refractivity contribution in [2.45, 2.75) is 43.7 Å². The third-order valence-electron chi connectivity index (χ3n) is 5.12. The van der Waals surface area contributed by atoms with Gasteiger partial charge in [-0.2, -0.15) is 0 Å². The van der Waals surface area contributed by atoms with Crippen LogP contribution >= 0.6 is 11.6 Å². The van der Waals surface area contributed by atoms with Crippen molar-refractivity contribution in [1.29, 1.82) is 0 Å². The molecule has 2 aromatic heterocycles. The van der Waals surface area contributed by atoms with Crippen LogP contribution in [0.25, 0.3) is 22.2 Å². The lowest BCUT2D eigenvalue weighted by atomic mass is 9.72. The number of rotatable bonds is 2. The zero-order chi connectivity index (χ0) is 17.7. The minimum atomic E-state index is -0.618. The highest BCUT2D eigenvalue weighted by Gasteiger charge is 2.41. The number of nitrogens with zero attached hydrogens (tertiary/aromatic N) is 2. The van der Waals surface area contributed by atoms with Crippen LogP contribution in [0.2, 0.25) is 5.02 Å². The summed E-state index contributed by atoms with van der Waals surface area (Å²) < 4.78 is 0. The number of halogens is 1. The summed E-state index contributed by atoms with van der Waals surface area (Å²) in [7, 11) is 0. The summed E-state index contributed by atoms with van der Waals surface area (Å²) >= 11 is 6.42. The first kappa shape index (κ1) is 16.5. The van der Waals surface area contributed by atoms with Crippen molar-refractivity contribution >= 4 is 22.5 Å². The average molecular weight is 356 g/mol. The molecule has 0 saturated heterocycles. The highest BCUT2D eigenvalue weighted by Crippen LogP contribution is 2.39. The molecule has 2 unspecified atom stereocenters. The molecular weight excluding hydrogens is 334 g/mol. The fraction of sp³-hybridized carbons (Fsp3) is 0.368. The first-order valence-corrected chi connectivity index (χ1v) is 8.93. The van der Waals surface area contributed by atoms with Gasteiger partial charge >= 0.3 is 0 Å². The summed E-state index contributed by atoms with van der Waals surface area (Å²) in [6, 6.07) is 8.07. The van der Waals surface area contributed by atoms with E-state index >= 15 is 0 Å². The van der Waals surface area contributed by atoms with Gasteiger partial charge in [0, 0.05) is 34.4 Å². The van der Waals surface area contributed by atoms with Crippen molar-refractivity contribution in [2.24, 2.45) is 11.5 Å². The molecule has 5 N–H and O–H groups in total. The molecule has 2 heterocycles. The summed E-state index contributed by atoms with van der Waals surface area (Å²) in [5, 5.41) is 1.59. The maximum Gasteiger partial charge on any atom is 0.148 e. The molecule has 2 atom stereocenters. The fourth-order valence-corrected chi connectivity index (χ4v) is 4.15. The molecule has 0 amide bonds. The van der Waals surface area contributed by atoms with Crippen molar-refractivity contribution in [2.75, 3.05) is 0 Å². The Bertz CT molecular complexity index is 932. The molecule has 1 aliphatic rings. The Morgan fingerprint density at radius 1 is 1.20 bits per heavy atom. The van der Waals surface area contributed by atoms with E-state index in [-0.39, 0.29) is 5.54 Å². The predicted molar refractivity (Wildman–Crippen MR) is 101 cm³/mol. The molecule has 130 valence electrons. The van der Waals surface area contributed by atoms with Gasteiger partial charge in [0.1, 0.15) is 5.82 Å². The second-order valence-electron chi connectivity index (χ2n) is 7.48. The van der Waals surface area contributed by atoms with Crippen LogP contribution in [0.4, 0.5) is 0 Å². The number of hydrogen-bond donors (Lipinski definition) is 3. The maximum atomic E-state index is 6.69. The summed E-state index contributed by atoms with van der Waals surface area (Å²) in [5.74, 6) is 0.619. The van der Waals surface area contributed by atoms with E-state index in [9.17, 15) is 0 Å². The number of H-pyrrole nitrogens is 1. The number of aromatic nitrogens is 3. The Balaban J connectivity index is 1.82. The minimum absolute atomic E-state index is 0.295. The van der Waals surface area contributed by atoms with E-state index in [0.29, 0.717) is 23.0 Å². The standard InChI is InChI=1S/C19H22ClN5/c1-18(21)7-4-8-19(22,11-18)17-24-10-14(20)16(25-17)13-9-23-15-6-3-2-5-12(13)15/h2-3,5-6,9-10,23H,4,7-8,11,21-22H2,1H3. The summed E-state index contributed by atoms with van der Waals surface area (Å²) in [5.41, 5.74) is 14.8. The highest BCUT2D eigenvalue weighted by atomic mass is 35.5. The first-order chi connectivity index (χ1) is 11.9. The van der Waals surface area contributed by atoms with Crippen LogP contribution in [0, 0.1) is 0 Å². The number of aromatic amines is 1. The molecule has 0 spiro atoms. The van der Waals surface area contributed by atoms with Crippen LogP contribution in [-0.4, -0.2) is 20.5 Å². The van der Waals surface area contributed by atoms with Crippen LogP contribution in [0.1, 0.15) is 38.4 Å². The molecule has 1 aromatic carbocycles. The second-order valence-corrected chi connectivity index (χ2v) is 7.89. The largest absolute Gasteiger partial charge is 0.360 e. The van der Waals surface area contributed by atoms with Crippen LogP contribution in [0.5, 0.6) is 0 Å². The number of fused-ring (bicyclic) bond motifs is 1. The third-order valence-corrected chi connectivity index (χ3v) is 5.40. The molecule has 4 rings (SSSR count). The molecule has 1 fully saturated rings. The number of nitrogens with one attached hydrogen (secondary N) is 1. The lowest BCUT2D eigenvalue weighted by Crippen LogP contribution is -2.53. The van der Waals surface area contributed by atoms with Gasteiger partial charge in [0.25, 0.3) is 0 Å². The maximum absolute atomic E-state index is 6.69. The topological polar surface area (TPSA) is 93.6 Å². The van der Waals surface area contributed by atoms with Crippen molar-refractivity contribution in [3.63, 3.8) is 0 Å². The monoisotopic (exact) mass is 355 g/mol. The van der Waals surface area contributed by atoms with Gasteiger partial charge in [-0.3, -0.25) is 0 Å². The lowest BCUT2D eigenvalue weighted by molar-refractivity contribution is 0.197. The van der Waals surface area contributed by atoms with Crippen LogP contribution in [-0.2, 0) is 5.54 Å². The molecule has 1 aliphatic carbocycles. The van der Waals surface area contributed by atoms with Crippen molar-refractivity contribution in [1.82, 2.24) is 15.0 Å². The summed E-state index contributed by atoms with van der Waals surface area (Å²) in [6.45, 7) is 2.05. The zero-order valence-corrected chi connectivity index (χ0v) is 15.0. The second kappa shape index (κ2) is 5.80. The van der Waals surface area contributed by atoms with Crippen molar-refractivity contribution in [3.05, 3.63) is 47.5 Å². The quantitative estimate of drug-likeness (QED) is 0.653. The zero-order valence-electron chi connectivity index (χ0n) is 14.2. The summed E-state index contributed by atoms with van der Waals surface area (Å²) in [4.78, 5) is 12.5. The highest BCUT2D eigenvalue weighted by molar-refractivity contribution is 6.33. The lowest BCUT2D eigenvalue weighted by Gasteiger charge is -2.41. The molecular formula is C19H22ClN5. The van der Waals surface area contributed by atoms with Crippen LogP contribution in [0.15, 0.2) is 36.7 Å². The van der Waals surface area contributed by atoms with E-state index in [1.807, 2.05) is 31.3 Å². The Morgan fingerprint density at radius 2 is 2.00 bits per heavy atom. The van der Waals surface area contributed by atoms with E-state index in [1.54, 1.807) is 6.20 Å². The van der Waals surface area contributed by atoms with Gasteiger partial charge in [0.2, 0.25) is 0 Å². The molecule has 1 saturated carbocycles. The molecule has 0 bridgehead atoms. The Labute approximate surface area is 151 Å². The minimum Gasteiger partial charge on any atom is -0.360 e. The van der Waals surface area contributed by atoms with Gasteiger partial charge < -0.3 is 16.5 Å². The SMILES string of the molecule is CC1(N)CCCC(N)(c2ncc(Cl)c(-c3c[nH]c4ccccc34)n2)C1. The van der Waals surface area contributed by atoms with E-state index in [2.05, 4.69) is 16.0 Å². The van der Waals surface area contributed by atoms with E-state index < -0.39 is 5.54 Å². The average Bonchev–Trinajstić information content (AvgIpc) is 2.98. The first-order valence-electron chi connectivity index (χ1n) is 8.55. The predicted octanol–water partition coefficient (Wildman–Crippen LogP) is 3.72. The number of para-hydroxylation sites is 1. The smallest absolute Gasteiger partial charge is 0.148 e. The van der Waals surface area contributed by atoms with E-state index in [4.69, 9.17) is 28.1 Å². The molecule has 6 heteroatoms. The van der Waals surface area contributed by atoms with Gasteiger partial charge in [-0.25, -0.2) is 9.97 Å². The van der Waals surface area contributed by atoms with Crippen LogP contribution < -0.4 is 11.5 Å². The van der Waals surface area contributed by atoms with Crippen molar-refractivity contribution < 1.29 is 0 Å². The Morgan fingerprint density at radius 3 is 2.80 bits per heavy atom. The van der Waals surface area contributed by atoms with Gasteiger partial charge in [-0.05, 0) is 38.7 Å².